The summed E-state index contributed by atoms with van der Waals surface area (Å²) in [7, 11) is 1.70. The first-order valence-electron chi connectivity index (χ1n) is 6.24. The molecule has 2 unspecified atom stereocenters. The first-order chi connectivity index (χ1) is 9.13. The molecule has 5 nitrogen and oxygen atoms in total. The van der Waals surface area contributed by atoms with Crippen molar-refractivity contribution in [2.45, 2.75) is 31.4 Å². The van der Waals surface area contributed by atoms with E-state index >= 15 is 0 Å². The summed E-state index contributed by atoms with van der Waals surface area (Å²) in [6.45, 7) is 0. The quantitative estimate of drug-likeness (QED) is 0.583. The molecule has 1 aromatic carbocycles. The van der Waals surface area contributed by atoms with E-state index < -0.39 is 0 Å². The Balaban J connectivity index is 2.06. The highest BCUT2D eigenvalue weighted by Crippen LogP contribution is 2.24. The Morgan fingerprint density at radius 1 is 1.47 bits per heavy atom. The zero-order valence-corrected chi connectivity index (χ0v) is 11.5. The van der Waals surface area contributed by atoms with E-state index in [-0.39, 0.29) is 18.1 Å². The van der Waals surface area contributed by atoms with Gasteiger partial charge in [0.05, 0.1) is 17.4 Å². The molecular formula is C13H18ClN3O2. The van der Waals surface area contributed by atoms with Gasteiger partial charge in [-0.2, -0.15) is 0 Å². The Morgan fingerprint density at radius 3 is 2.89 bits per heavy atom. The molecule has 6 heteroatoms. The van der Waals surface area contributed by atoms with Crippen LogP contribution in [0.5, 0.6) is 0 Å². The van der Waals surface area contributed by atoms with Gasteiger partial charge < -0.3 is 15.5 Å². The van der Waals surface area contributed by atoms with Crippen molar-refractivity contribution < 1.29 is 9.53 Å². The van der Waals surface area contributed by atoms with Gasteiger partial charge in [0.2, 0.25) is 0 Å². The Morgan fingerprint density at radius 2 is 2.26 bits per heavy atom. The van der Waals surface area contributed by atoms with E-state index in [0.29, 0.717) is 16.3 Å². The van der Waals surface area contributed by atoms with E-state index in [1.807, 2.05) is 0 Å². The van der Waals surface area contributed by atoms with Crippen molar-refractivity contribution in [1.29, 1.82) is 0 Å². The van der Waals surface area contributed by atoms with Crippen molar-refractivity contribution in [2.75, 3.05) is 12.5 Å². The number of benzene rings is 1. The summed E-state index contributed by atoms with van der Waals surface area (Å²) < 4.78 is 5.29. The number of nitrogen functional groups attached to an aromatic ring is 1. The molecule has 1 fully saturated rings. The minimum absolute atomic E-state index is 0.141. The highest BCUT2D eigenvalue weighted by atomic mass is 35.5. The van der Waals surface area contributed by atoms with Gasteiger partial charge in [0, 0.05) is 18.2 Å². The van der Waals surface area contributed by atoms with Crippen LogP contribution in [0.15, 0.2) is 18.2 Å². The fraction of sp³-hybridized carbons (Fsp3) is 0.462. The van der Waals surface area contributed by atoms with Gasteiger partial charge >= 0.3 is 0 Å². The molecule has 1 aliphatic carbocycles. The number of hydrazine groups is 1. The van der Waals surface area contributed by atoms with Crippen molar-refractivity contribution in [3.8, 4) is 0 Å². The molecule has 2 rings (SSSR count). The van der Waals surface area contributed by atoms with Crippen LogP contribution >= 0.6 is 11.6 Å². The van der Waals surface area contributed by atoms with Crippen LogP contribution in [0.1, 0.15) is 29.6 Å². The molecule has 2 atom stereocenters. The summed E-state index contributed by atoms with van der Waals surface area (Å²) in [6.07, 6.45) is 2.97. The predicted octanol–water partition coefficient (Wildman–Crippen LogP) is 1.92. The summed E-state index contributed by atoms with van der Waals surface area (Å²) in [6, 6.07) is 5.12. The Bertz CT molecular complexity index is 467. The van der Waals surface area contributed by atoms with Crippen molar-refractivity contribution in [1.82, 2.24) is 5.32 Å². The summed E-state index contributed by atoms with van der Waals surface area (Å²) >= 11 is 5.91. The first kappa shape index (κ1) is 14.1. The van der Waals surface area contributed by atoms with E-state index in [1.54, 1.807) is 25.3 Å². The molecule has 1 saturated carbocycles. The summed E-state index contributed by atoms with van der Waals surface area (Å²) in [5, 5.41) is 3.49. The maximum Gasteiger partial charge on any atom is 0.253 e. The predicted molar refractivity (Wildman–Crippen MR) is 75.2 cm³/mol. The number of carbonyl (C=O) groups excluding carboxylic acids is 1. The summed E-state index contributed by atoms with van der Waals surface area (Å²) in [5.74, 6) is 5.23. The van der Waals surface area contributed by atoms with Gasteiger partial charge in [-0.25, -0.2) is 0 Å². The Kier molecular flexibility index (Phi) is 4.63. The average molecular weight is 284 g/mol. The summed E-state index contributed by atoms with van der Waals surface area (Å²) in [4.78, 5) is 12.2. The highest BCUT2D eigenvalue weighted by Gasteiger charge is 2.26. The second-order valence-corrected chi connectivity index (χ2v) is 5.11. The van der Waals surface area contributed by atoms with Gasteiger partial charge in [-0.15, -0.1) is 0 Å². The lowest BCUT2D eigenvalue weighted by molar-refractivity contribution is 0.0915. The molecule has 4 N–H and O–H groups in total. The van der Waals surface area contributed by atoms with Crippen molar-refractivity contribution >= 4 is 23.2 Å². The second-order valence-electron chi connectivity index (χ2n) is 4.68. The zero-order valence-electron chi connectivity index (χ0n) is 10.8. The monoisotopic (exact) mass is 283 g/mol. The third-order valence-electron chi connectivity index (χ3n) is 3.43. The molecule has 1 amide bonds. The van der Waals surface area contributed by atoms with Gasteiger partial charge in [-0.1, -0.05) is 11.6 Å². The standard InChI is InChI=1S/C13H18ClN3O2/c1-19-10-4-3-9(7-10)16-13(18)11-6-8(14)2-5-12(11)17-15/h2,5-6,9-10,17H,3-4,7,15H2,1H3,(H,16,18). The molecule has 19 heavy (non-hydrogen) atoms. The molecule has 0 saturated heterocycles. The van der Waals surface area contributed by atoms with Crippen LogP contribution in [0.25, 0.3) is 0 Å². The van der Waals surface area contributed by atoms with Gasteiger partial charge in [0.1, 0.15) is 0 Å². The van der Waals surface area contributed by atoms with Crippen LogP contribution in [0.3, 0.4) is 0 Å². The number of amides is 1. The van der Waals surface area contributed by atoms with E-state index in [4.69, 9.17) is 22.2 Å². The lowest BCUT2D eigenvalue weighted by atomic mass is 10.1. The van der Waals surface area contributed by atoms with Crippen molar-refractivity contribution in [2.24, 2.45) is 5.84 Å². The third-order valence-corrected chi connectivity index (χ3v) is 3.67. The Labute approximate surface area is 117 Å². The second kappa shape index (κ2) is 6.23. The number of hydrogen-bond acceptors (Lipinski definition) is 4. The minimum atomic E-state index is -0.169. The maximum atomic E-state index is 12.2. The first-order valence-corrected chi connectivity index (χ1v) is 6.61. The van der Waals surface area contributed by atoms with Gasteiger partial charge in [0.25, 0.3) is 5.91 Å². The number of nitrogens with one attached hydrogen (secondary N) is 2. The van der Waals surface area contributed by atoms with Crippen LogP contribution in [-0.2, 0) is 4.74 Å². The van der Waals surface area contributed by atoms with E-state index in [1.165, 1.54) is 0 Å². The molecule has 0 heterocycles. The van der Waals surface area contributed by atoms with Crippen LogP contribution in [0.4, 0.5) is 5.69 Å². The molecular weight excluding hydrogens is 266 g/mol. The highest BCUT2D eigenvalue weighted by molar-refractivity contribution is 6.31. The molecule has 0 spiro atoms. The number of nitrogens with two attached hydrogens (primary N) is 1. The van der Waals surface area contributed by atoms with Crippen molar-refractivity contribution in [3.63, 3.8) is 0 Å². The third kappa shape index (κ3) is 3.37. The number of hydrogen-bond donors (Lipinski definition) is 3. The largest absolute Gasteiger partial charge is 0.381 e. The number of methoxy groups -OCH3 is 1. The van der Waals surface area contributed by atoms with Gasteiger partial charge in [0.15, 0.2) is 0 Å². The van der Waals surface area contributed by atoms with E-state index in [0.717, 1.165) is 19.3 Å². The van der Waals surface area contributed by atoms with Crippen molar-refractivity contribution in [3.05, 3.63) is 28.8 Å². The SMILES string of the molecule is COC1CCC(NC(=O)c2cc(Cl)ccc2NN)C1. The molecule has 104 valence electrons. The number of halogens is 1. The summed E-state index contributed by atoms with van der Waals surface area (Å²) in [5.41, 5.74) is 3.52. The fourth-order valence-electron chi connectivity index (χ4n) is 2.38. The fourth-order valence-corrected chi connectivity index (χ4v) is 2.55. The van der Waals surface area contributed by atoms with E-state index in [2.05, 4.69) is 10.7 Å². The smallest absolute Gasteiger partial charge is 0.253 e. The number of carbonyl (C=O) groups is 1. The molecule has 0 aliphatic heterocycles. The number of anilines is 1. The normalized spacial score (nSPS) is 22.3. The number of rotatable bonds is 4. The lowest BCUT2D eigenvalue weighted by Crippen LogP contribution is -2.34. The molecule has 0 radical (unpaired) electrons. The van der Waals surface area contributed by atoms with Gasteiger partial charge in [-0.05, 0) is 37.5 Å². The van der Waals surface area contributed by atoms with Gasteiger partial charge in [-0.3, -0.25) is 10.6 Å². The van der Waals surface area contributed by atoms with E-state index in [9.17, 15) is 4.79 Å². The van der Waals surface area contributed by atoms with Crippen LogP contribution in [0.2, 0.25) is 5.02 Å². The topological polar surface area (TPSA) is 76.4 Å². The zero-order chi connectivity index (χ0) is 13.8. The minimum Gasteiger partial charge on any atom is -0.381 e. The van der Waals surface area contributed by atoms with Crippen LogP contribution in [-0.4, -0.2) is 25.2 Å². The van der Waals surface area contributed by atoms with Crippen LogP contribution in [0, 0.1) is 0 Å². The Hall–Kier alpha value is -1.30. The molecule has 0 bridgehead atoms. The lowest BCUT2D eigenvalue weighted by Gasteiger charge is -2.15. The van der Waals surface area contributed by atoms with Crippen LogP contribution < -0.4 is 16.6 Å². The average Bonchev–Trinajstić information content (AvgIpc) is 2.86. The maximum absolute atomic E-state index is 12.2. The molecule has 1 aliphatic rings. The number of ether oxygens (including phenoxy) is 1. The molecule has 1 aromatic rings. The molecule has 0 aromatic heterocycles.